The van der Waals surface area contributed by atoms with E-state index >= 15 is 0 Å². The van der Waals surface area contributed by atoms with Crippen LogP contribution in [0.25, 0.3) is 0 Å². The average molecular weight is 217 g/mol. The van der Waals surface area contributed by atoms with Crippen LogP contribution in [0.4, 0.5) is 0 Å². The summed E-state index contributed by atoms with van der Waals surface area (Å²) in [7, 11) is 0. The molecule has 86 valence electrons. The Morgan fingerprint density at radius 1 is 1.31 bits per heavy atom. The molecule has 1 aliphatic rings. The van der Waals surface area contributed by atoms with E-state index in [1.54, 1.807) is 0 Å². The quantitative estimate of drug-likeness (QED) is 0.787. The minimum Gasteiger partial charge on any atom is -0.317 e. The van der Waals surface area contributed by atoms with Gasteiger partial charge >= 0.3 is 0 Å². The SMILES string of the molecule is Cc1ccccc1C(C=O)C1CCNCC1. The highest BCUT2D eigenvalue weighted by Crippen LogP contribution is 2.30. The zero-order valence-corrected chi connectivity index (χ0v) is 9.78. The Morgan fingerprint density at radius 3 is 2.62 bits per heavy atom. The van der Waals surface area contributed by atoms with Crippen molar-refractivity contribution in [2.24, 2.45) is 5.92 Å². The van der Waals surface area contributed by atoms with Gasteiger partial charge in [0.15, 0.2) is 0 Å². The highest BCUT2D eigenvalue weighted by atomic mass is 16.1. The topological polar surface area (TPSA) is 29.1 Å². The molecule has 1 N–H and O–H groups in total. The predicted molar refractivity (Wildman–Crippen MR) is 65.6 cm³/mol. The molecule has 2 nitrogen and oxygen atoms in total. The molecule has 0 radical (unpaired) electrons. The van der Waals surface area contributed by atoms with Crippen LogP contribution >= 0.6 is 0 Å². The molecule has 0 aromatic heterocycles. The number of aldehydes is 1. The van der Waals surface area contributed by atoms with Crippen LogP contribution in [0.5, 0.6) is 0 Å². The fraction of sp³-hybridized carbons (Fsp3) is 0.500. The molecule has 0 aliphatic carbocycles. The Balaban J connectivity index is 2.21. The normalized spacial score (nSPS) is 19.3. The lowest BCUT2D eigenvalue weighted by atomic mass is 9.80. The van der Waals surface area contributed by atoms with E-state index in [-0.39, 0.29) is 5.92 Å². The van der Waals surface area contributed by atoms with Crippen LogP contribution in [0.1, 0.15) is 29.9 Å². The monoisotopic (exact) mass is 217 g/mol. The Hall–Kier alpha value is -1.15. The van der Waals surface area contributed by atoms with E-state index in [1.165, 1.54) is 11.1 Å². The summed E-state index contributed by atoms with van der Waals surface area (Å²) >= 11 is 0. The number of carbonyl (C=O) groups excluding carboxylic acids is 1. The molecule has 1 aliphatic heterocycles. The molecule has 1 heterocycles. The second-order valence-electron chi connectivity index (χ2n) is 4.61. The highest BCUT2D eigenvalue weighted by Gasteiger charge is 2.25. The van der Waals surface area contributed by atoms with Gasteiger partial charge in [0.2, 0.25) is 0 Å². The van der Waals surface area contributed by atoms with Crippen molar-refractivity contribution >= 4 is 6.29 Å². The van der Waals surface area contributed by atoms with Gasteiger partial charge in [0.25, 0.3) is 0 Å². The first-order chi connectivity index (χ1) is 7.83. The molecule has 0 saturated carbocycles. The van der Waals surface area contributed by atoms with Gasteiger partial charge in [-0.05, 0) is 49.9 Å². The van der Waals surface area contributed by atoms with Crippen molar-refractivity contribution in [3.63, 3.8) is 0 Å². The van der Waals surface area contributed by atoms with Gasteiger partial charge in [-0.25, -0.2) is 0 Å². The van der Waals surface area contributed by atoms with Gasteiger partial charge in [-0.3, -0.25) is 0 Å². The van der Waals surface area contributed by atoms with E-state index < -0.39 is 0 Å². The maximum absolute atomic E-state index is 11.3. The molecule has 1 atom stereocenters. The third-order valence-corrected chi connectivity index (χ3v) is 3.59. The van der Waals surface area contributed by atoms with Crippen molar-refractivity contribution in [3.05, 3.63) is 35.4 Å². The van der Waals surface area contributed by atoms with E-state index in [9.17, 15) is 4.79 Å². The lowest BCUT2D eigenvalue weighted by molar-refractivity contribution is -0.110. The Kier molecular flexibility index (Phi) is 3.73. The molecule has 2 rings (SSSR count). The van der Waals surface area contributed by atoms with Gasteiger partial charge in [-0.1, -0.05) is 24.3 Å². The van der Waals surface area contributed by atoms with Gasteiger partial charge in [-0.2, -0.15) is 0 Å². The van der Waals surface area contributed by atoms with Gasteiger partial charge in [0, 0.05) is 5.92 Å². The first-order valence-corrected chi connectivity index (χ1v) is 6.04. The number of aryl methyl sites for hydroxylation is 1. The first kappa shape index (κ1) is 11.3. The van der Waals surface area contributed by atoms with Crippen molar-refractivity contribution in [3.8, 4) is 0 Å². The van der Waals surface area contributed by atoms with Crippen LogP contribution in [-0.2, 0) is 4.79 Å². The van der Waals surface area contributed by atoms with Crippen molar-refractivity contribution in [2.45, 2.75) is 25.7 Å². The van der Waals surface area contributed by atoms with Gasteiger partial charge in [-0.15, -0.1) is 0 Å². The number of nitrogens with one attached hydrogen (secondary N) is 1. The smallest absolute Gasteiger partial charge is 0.127 e. The fourth-order valence-corrected chi connectivity index (χ4v) is 2.60. The molecule has 1 unspecified atom stereocenters. The average Bonchev–Trinajstić information content (AvgIpc) is 2.34. The maximum atomic E-state index is 11.3. The second kappa shape index (κ2) is 5.26. The number of piperidine rings is 1. The number of rotatable bonds is 3. The predicted octanol–water partition coefficient (Wildman–Crippen LogP) is 2.28. The minimum absolute atomic E-state index is 0.0864. The fourth-order valence-electron chi connectivity index (χ4n) is 2.60. The van der Waals surface area contributed by atoms with Crippen LogP contribution in [0.3, 0.4) is 0 Å². The summed E-state index contributed by atoms with van der Waals surface area (Å²) < 4.78 is 0. The number of carbonyl (C=O) groups is 1. The standard InChI is InChI=1S/C14H19NO/c1-11-4-2-3-5-13(11)14(10-16)12-6-8-15-9-7-12/h2-5,10,12,14-15H,6-9H2,1H3. The molecule has 2 heteroatoms. The summed E-state index contributed by atoms with van der Waals surface area (Å²) in [5.41, 5.74) is 2.45. The van der Waals surface area contributed by atoms with E-state index in [0.717, 1.165) is 32.2 Å². The van der Waals surface area contributed by atoms with Crippen LogP contribution < -0.4 is 5.32 Å². The third kappa shape index (κ3) is 2.33. The maximum Gasteiger partial charge on any atom is 0.127 e. The van der Waals surface area contributed by atoms with Crippen molar-refractivity contribution in [1.82, 2.24) is 5.32 Å². The molecular formula is C14H19NO. The Morgan fingerprint density at radius 2 is 2.00 bits per heavy atom. The number of hydrogen-bond acceptors (Lipinski definition) is 2. The Labute approximate surface area is 97.1 Å². The van der Waals surface area contributed by atoms with Crippen molar-refractivity contribution < 1.29 is 4.79 Å². The van der Waals surface area contributed by atoms with Crippen LogP contribution in [0.15, 0.2) is 24.3 Å². The van der Waals surface area contributed by atoms with Gasteiger partial charge in [0.05, 0.1) is 0 Å². The van der Waals surface area contributed by atoms with Crippen LogP contribution in [-0.4, -0.2) is 19.4 Å². The highest BCUT2D eigenvalue weighted by molar-refractivity contribution is 5.63. The molecule has 0 amide bonds. The largest absolute Gasteiger partial charge is 0.317 e. The lowest BCUT2D eigenvalue weighted by Crippen LogP contribution is -2.31. The zero-order valence-electron chi connectivity index (χ0n) is 9.78. The molecule has 0 bridgehead atoms. The number of benzene rings is 1. The summed E-state index contributed by atoms with van der Waals surface area (Å²) in [6.45, 7) is 4.18. The molecule has 16 heavy (non-hydrogen) atoms. The van der Waals surface area contributed by atoms with Crippen LogP contribution in [0, 0.1) is 12.8 Å². The molecule has 1 aromatic rings. The summed E-state index contributed by atoms with van der Waals surface area (Å²) in [6.07, 6.45) is 3.35. The minimum atomic E-state index is 0.0864. The summed E-state index contributed by atoms with van der Waals surface area (Å²) in [5.74, 6) is 0.600. The summed E-state index contributed by atoms with van der Waals surface area (Å²) in [4.78, 5) is 11.3. The van der Waals surface area contributed by atoms with E-state index in [2.05, 4.69) is 24.4 Å². The second-order valence-corrected chi connectivity index (χ2v) is 4.61. The summed E-state index contributed by atoms with van der Waals surface area (Å²) in [6, 6.07) is 8.24. The van der Waals surface area contributed by atoms with E-state index in [4.69, 9.17) is 0 Å². The van der Waals surface area contributed by atoms with Crippen LogP contribution in [0.2, 0.25) is 0 Å². The molecule has 1 saturated heterocycles. The van der Waals surface area contributed by atoms with Gasteiger partial charge in [0.1, 0.15) is 6.29 Å². The first-order valence-electron chi connectivity index (χ1n) is 6.04. The van der Waals surface area contributed by atoms with E-state index in [0.29, 0.717) is 5.92 Å². The summed E-state index contributed by atoms with van der Waals surface area (Å²) in [5, 5.41) is 3.34. The zero-order chi connectivity index (χ0) is 11.4. The number of hydrogen-bond donors (Lipinski definition) is 1. The van der Waals surface area contributed by atoms with E-state index in [1.807, 2.05) is 12.1 Å². The molecule has 0 spiro atoms. The lowest BCUT2D eigenvalue weighted by Gasteiger charge is -2.28. The van der Waals surface area contributed by atoms with Crippen molar-refractivity contribution in [1.29, 1.82) is 0 Å². The van der Waals surface area contributed by atoms with Crippen molar-refractivity contribution in [2.75, 3.05) is 13.1 Å². The third-order valence-electron chi connectivity index (χ3n) is 3.59. The molecular weight excluding hydrogens is 198 g/mol. The molecule has 1 fully saturated rings. The van der Waals surface area contributed by atoms with Gasteiger partial charge < -0.3 is 10.1 Å². The Bertz CT molecular complexity index is 356. The molecule has 1 aromatic carbocycles.